The van der Waals surface area contributed by atoms with Crippen LogP contribution in [0.2, 0.25) is 0 Å². The molecule has 8 unspecified atom stereocenters. The van der Waals surface area contributed by atoms with Crippen LogP contribution < -0.4 is 0 Å². The second-order valence-electron chi connectivity index (χ2n) is 15.1. The fourth-order valence-corrected chi connectivity index (χ4v) is 9.00. The molecule has 4 aliphatic rings. The number of ketones is 3. The van der Waals surface area contributed by atoms with Crippen LogP contribution in [0.1, 0.15) is 94.4 Å². The zero-order chi connectivity index (χ0) is 31.0. The van der Waals surface area contributed by atoms with Gasteiger partial charge in [-0.25, -0.2) is 0 Å². The van der Waals surface area contributed by atoms with Crippen molar-refractivity contribution < 1.29 is 34.4 Å². The van der Waals surface area contributed by atoms with Gasteiger partial charge in [-0.3, -0.25) is 14.4 Å². The molecule has 4 rings (SSSR count). The molecule has 0 heterocycles. The van der Waals surface area contributed by atoms with Gasteiger partial charge in [0.25, 0.3) is 0 Å². The third-order valence-electron chi connectivity index (χ3n) is 11.5. The third-order valence-corrected chi connectivity index (χ3v) is 11.5. The molecule has 0 aliphatic heterocycles. The topological polar surface area (TPSA) is 121 Å². The Labute approximate surface area is 245 Å². The van der Waals surface area contributed by atoms with Gasteiger partial charge in [0.1, 0.15) is 11.4 Å². The van der Waals surface area contributed by atoms with Crippen LogP contribution in [0.3, 0.4) is 0 Å². The Hall–Kier alpha value is -2.09. The Morgan fingerprint density at radius 1 is 1.10 bits per heavy atom. The summed E-state index contributed by atoms with van der Waals surface area (Å²) in [7, 11) is 0. The summed E-state index contributed by atoms with van der Waals surface area (Å²) in [5.41, 5.74) is -5.36. The van der Waals surface area contributed by atoms with Crippen LogP contribution in [-0.2, 0) is 19.1 Å². The minimum Gasteiger partial charge on any atom is -0.490 e. The van der Waals surface area contributed by atoms with Crippen LogP contribution in [0, 0.1) is 39.4 Å². The van der Waals surface area contributed by atoms with E-state index < -0.39 is 50.7 Å². The molecule has 2 saturated carbocycles. The van der Waals surface area contributed by atoms with Gasteiger partial charge in [-0.15, -0.1) is 0 Å². The van der Waals surface area contributed by atoms with Gasteiger partial charge < -0.3 is 20.1 Å². The summed E-state index contributed by atoms with van der Waals surface area (Å²) < 4.78 is 6.00. The summed E-state index contributed by atoms with van der Waals surface area (Å²) in [5, 5.41) is 33.3. The highest BCUT2D eigenvalue weighted by Gasteiger charge is 2.74. The first kappa shape index (κ1) is 31.8. The van der Waals surface area contributed by atoms with E-state index in [9.17, 15) is 29.7 Å². The van der Waals surface area contributed by atoms with E-state index in [0.29, 0.717) is 25.2 Å². The number of hydrogen-bond donors (Lipinski definition) is 3. The first-order chi connectivity index (χ1) is 18.7. The van der Waals surface area contributed by atoms with Crippen molar-refractivity contribution >= 4 is 17.3 Å². The second-order valence-corrected chi connectivity index (χ2v) is 15.1. The SMILES string of the molecule is CCCCOC1=CC2C(=CCC3C2(C)C(=O)CC2(C)C(C(C)(O)C(=O)/C=C/C(C)(C)O)C(O)CC32C)C(C)(C)C1=O. The van der Waals surface area contributed by atoms with Gasteiger partial charge in [-0.05, 0) is 82.8 Å². The minimum absolute atomic E-state index is 0.0155. The van der Waals surface area contributed by atoms with E-state index in [1.54, 1.807) is 0 Å². The number of hydrogen-bond acceptors (Lipinski definition) is 7. The summed E-state index contributed by atoms with van der Waals surface area (Å²) in [4.78, 5) is 41.3. The number of allylic oxidation sites excluding steroid dienone is 4. The van der Waals surface area contributed by atoms with Crippen molar-refractivity contribution in [2.75, 3.05) is 6.61 Å². The van der Waals surface area contributed by atoms with Gasteiger partial charge >= 0.3 is 0 Å². The number of unbranched alkanes of at least 4 members (excludes halogenated alkanes) is 1. The number of aliphatic hydroxyl groups is 3. The maximum absolute atomic E-state index is 14.5. The van der Waals surface area contributed by atoms with Crippen molar-refractivity contribution in [1.29, 1.82) is 0 Å². The van der Waals surface area contributed by atoms with Crippen molar-refractivity contribution in [3.05, 3.63) is 35.6 Å². The number of rotatable bonds is 8. The number of carbonyl (C=O) groups excluding carboxylic acids is 3. The molecule has 0 bridgehead atoms. The van der Waals surface area contributed by atoms with E-state index in [0.717, 1.165) is 18.4 Å². The highest BCUT2D eigenvalue weighted by molar-refractivity contribution is 6.02. The van der Waals surface area contributed by atoms with Gasteiger partial charge in [0.05, 0.1) is 23.7 Å². The first-order valence-electron chi connectivity index (χ1n) is 15.2. The lowest BCUT2D eigenvalue weighted by Gasteiger charge is -2.63. The fraction of sp³-hybridized carbons (Fsp3) is 0.735. The van der Waals surface area contributed by atoms with Gasteiger partial charge in [0, 0.05) is 23.7 Å². The predicted octanol–water partition coefficient (Wildman–Crippen LogP) is 4.88. The zero-order valence-electron chi connectivity index (χ0n) is 26.3. The van der Waals surface area contributed by atoms with E-state index in [1.165, 1.54) is 32.9 Å². The van der Waals surface area contributed by atoms with E-state index in [2.05, 4.69) is 19.9 Å². The quantitative estimate of drug-likeness (QED) is 0.216. The smallest absolute Gasteiger partial charge is 0.206 e. The van der Waals surface area contributed by atoms with Crippen molar-refractivity contribution in [1.82, 2.24) is 0 Å². The molecule has 7 heteroatoms. The van der Waals surface area contributed by atoms with Gasteiger partial charge in [0.2, 0.25) is 5.78 Å². The van der Waals surface area contributed by atoms with E-state index in [4.69, 9.17) is 4.74 Å². The number of aliphatic hydroxyl groups excluding tert-OH is 1. The number of carbonyl (C=O) groups is 3. The maximum Gasteiger partial charge on any atom is 0.206 e. The van der Waals surface area contributed by atoms with Crippen molar-refractivity contribution in [3.8, 4) is 0 Å². The molecule has 0 radical (unpaired) electrons. The van der Waals surface area contributed by atoms with Crippen molar-refractivity contribution in [3.63, 3.8) is 0 Å². The largest absolute Gasteiger partial charge is 0.490 e. The van der Waals surface area contributed by atoms with Crippen LogP contribution in [0.4, 0.5) is 0 Å². The number of Topliss-reactive ketones (excluding diaryl/α,β-unsaturated/α-hetero) is 2. The highest BCUT2D eigenvalue weighted by atomic mass is 16.5. The van der Waals surface area contributed by atoms with E-state index >= 15 is 0 Å². The molecule has 228 valence electrons. The van der Waals surface area contributed by atoms with Gasteiger partial charge in [-0.1, -0.05) is 51.8 Å². The Morgan fingerprint density at radius 3 is 2.32 bits per heavy atom. The van der Waals surface area contributed by atoms with Crippen LogP contribution in [0.5, 0.6) is 0 Å². The van der Waals surface area contributed by atoms with Crippen molar-refractivity contribution in [2.45, 2.75) is 112 Å². The zero-order valence-corrected chi connectivity index (χ0v) is 26.3. The van der Waals surface area contributed by atoms with Crippen molar-refractivity contribution in [2.24, 2.45) is 39.4 Å². The summed E-state index contributed by atoms with van der Waals surface area (Å²) in [5.74, 6) is -1.73. The van der Waals surface area contributed by atoms with E-state index in [-0.39, 0.29) is 29.8 Å². The third kappa shape index (κ3) is 4.62. The molecular weight excluding hydrogens is 520 g/mol. The predicted molar refractivity (Wildman–Crippen MR) is 157 cm³/mol. The second kappa shape index (κ2) is 9.99. The summed E-state index contributed by atoms with van der Waals surface area (Å²) >= 11 is 0. The number of fused-ring (bicyclic) bond motifs is 5. The molecule has 2 fully saturated rings. The maximum atomic E-state index is 14.5. The van der Waals surface area contributed by atoms with Crippen LogP contribution >= 0.6 is 0 Å². The van der Waals surface area contributed by atoms with Gasteiger partial charge in [0.15, 0.2) is 11.5 Å². The Morgan fingerprint density at radius 2 is 1.73 bits per heavy atom. The molecule has 41 heavy (non-hydrogen) atoms. The lowest BCUT2D eigenvalue weighted by Crippen LogP contribution is -2.64. The minimum atomic E-state index is -1.95. The lowest BCUT2D eigenvalue weighted by molar-refractivity contribution is -0.179. The van der Waals surface area contributed by atoms with Gasteiger partial charge in [-0.2, -0.15) is 0 Å². The summed E-state index contributed by atoms with van der Waals surface area (Å²) in [6, 6.07) is 0. The molecule has 4 aliphatic carbocycles. The molecule has 0 aromatic rings. The lowest BCUT2D eigenvalue weighted by atomic mass is 9.39. The monoisotopic (exact) mass is 570 g/mol. The van der Waals surface area contributed by atoms with E-state index in [1.807, 2.05) is 33.8 Å². The molecular formula is C34H50O7. The van der Waals surface area contributed by atoms with Crippen LogP contribution in [0.15, 0.2) is 35.6 Å². The van der Waals surface area contributed by atoms with Crippen LogP contribution in [0.25, 0.3) is 0 Å². The number of ether oxygens (including phenoxy) is 1. The summed E-state index contributed by atoms with van der Waals surface area (Å²) in [6.45, 7) is 16.9. The first-order valence-corrected chi connectivity index (χ1v) is 15.2. The Bertz CT molecular complexity index is 1210. The standard InChI is InChI=1S/C34H50O7/c1-10-11-16-41-23-17-21-20(30(4,5)28(23)38)12-13-24-31(6)18-22(35)27(32(31,7)19-26(37)33(21,24)8)34(9,40)25(36)14-15-29(2,3)39/h12,14-15,17,21-22,24,27,35,39-40H,10-11,13,16,18-19H2,1-9H3/b15-14+. The molecule has 0 aromatic heterocycles. The average Bonchev–Trinajstić information content (AvgIpc) is 3.05. The van der Waals surface area contributed by atoms with Crippen LogP contribution in [-0.4, -0.2) is 56.6 Å². The molecule has 0 saturated heterocycles. The normalized spacial score (nSPS) is 39.8. The molecule has 0 amide bonds. The molecule has 7 nitrogen and oxygen atoms in total. The molecule has 3 N–H and O–H groups in total. The summed E-state index contributed by atoms with van der Waals surface area (Å²) in [6.07, 6.45) is 8.26. The molecule has 8 atom stereocenters. The Kier molecular flexibility index (Phi) is 7.76. The Balaban J connectivity index is 1.79. The highest BCUT2D eigenvalue weighted by Crippen LogP contribution is 2.73. The molecule has 0 aromatic carbocycles. The average molecular weight is 571 g/mol. The fourth-order valence-electron chi connectivity index (χ4n) is 9.00. The molecule has 0 spiro atoms.